The van der Waals surface area contributed by atoms with Crippen LogP contribution in [-0.2, 0) is 4.79 Å². The first-order valence-corrected chi connectivity index (χ1v) is 3.75. The summed E-state index contributed by atoms with van der Waals surface area (Å²) in [6, 6.07) is -0.474. The van der Waals surface area contributed by atoms with E-state index in [1.807, 2.05) is 13.8 Å². The van der Waals surface area contributed by atoms with Crippen LogP contribution in [0.4, 0.5) is 0 Å². The summed E-state index contributed by atoms with van der Waals surface area (Å²) in [6.07, 6.45) is 0. The van der Waals surface area contributed by atoms with Crippen molar-refractivity contribution in [2.24, 2.45) is 11.7 Å². The van der Waals surface area contributed by atoms with E-state index in [9.17, 15) is 4.79 Å². The van der Waals surface area contributed by atoms with Crippen molar-refractivity contribution in [3.63, 3.8) is 0 Å². The molecule has 0 bridgehead atoms. The Hall–Kier alpha value is -0.610. The van der Waals surface area contributed by atoms with E-state index >= 15 is 0 Å². The molecule has 0 aliphatic rings. The topological polar surface area (TPSA) is 75.3 Å². The van der Waals surface area contributed by atoms with E-state index in [0.717, 1.165) is 0 Å². The van der Waals surface area contributed by atoms with Gasteiger partial charge in [0.2, 0.25) is 0 Å². The number of hydrogen-bond acceptors (Lipinski definition) is 3. The second kappa shape index (κ2) is 5.09. The van der Waals surface area contributed by atoms with Crippen molar-refractivity contribution in [3.05, 3.63) is 0 Å². The van der Waals surface area contributed by atoms with Gasteiger partial charge in [-0.15, -0.1) is 0 Å². The van der Waals surface area contributed by atoms with Crippen molar-refractivity contribution in [2.75, 3.05) is 13.1 Å². The highest BCUT2D eigenvalue weighted by Gasteiger charge is 2.19. The highest BCUT2D eigenvalue weighted by Crippen LogP contribution is 2.00. The average Bonchev–Trinajstić information content (AvgIpc) is 1.87. The SMILES string of the molecule is CC(C)[C@@H](NCCN)C(=O)O. The Morgan fingerprint density at radius 1 is 1.64 bits per heavy atom. The summed E-state index contributed by atoms with van der Waals surface area (Å²) in [4.78, 5) is 10.5. The number of carboxylic acid groups (broad SMARTS) is 1. The fourth-order valence-electron chi connectivity index (χ4n) is 0.847. The normalized spacial score (nSPS) is 13.5. The fourth-order valence-corrected chi connectivity index (χ4v) is 0.847. The Kier molecular flexibility index (Phi) is 4.81. The number of aliphatic carboxylic acids is 1. The molecule has 0 spiro atoms. The number of hydrogen-bond donors (Lipinski definition) is 3. The Morgan fingerprint density at radius 2 is 2.18 bits per heavy atom. The zero-order valence-corrected chi connectivity index (χ0v) is 7.00. The molecule has 0 unspecified atom stereocenters. The third-order valence-electron chi connectivity index (χ3n) is 1.44. The largest absolute Gasteiger partial charge is 0.480 e. The molecular formula is C7H16N2O2. The van der Waals surface area contributed by atoms with E-state index in [0.29, 0.717) is 13.1 Å². The second-order valence-corrected chi connectivity index (χ2v) is 2.80. The first-order chi connectivity index (χ1) is 5.09. The lowest BCUT2D eigenvalue weighted by Gasteiger charge is -2.16. The lowest BCUT2D eigenvalue weighted by molar-refractivity contribution is -0.140. The molecule has 4 N–H and O–H groups in total. The van der Waals surface area contributed by atoms with Crippen LogP contribution >= 0.6 is 0 Å². The third kappa shape index (κ3) is 3.95. The number of rotatable bonds is 5. The molecule has 0 fully saturated rings. The smallest absolute Gasteiger partial charge is 0.320 e. The summed E-state index contributed by atoms with van der Waals surface area (Å²) in [6.45, 7) is 4.75. The van der Waals surface area contributed by atoms with E-state index in [1.165, 1.54) is 0 Å². The quantitative estimate of drug-likeness (QED) is 0.513. The van der Waals surface area contributed by atoms with Crippen LogP contribution in [-0.4, -0.2) is 30.2 Å². The van der Waals surface area contributed by atoms with E-state index < -0.39 is 12.0 Å². The van der Waals surface area contributed by atoms with Crippen molar-refractivity contribution in [3.8, 4) is 0 Å². The molecule has 0 aromatic carbocycles. The maximum absolute atomic E-state index is 10.5. The van der Waals surface area contributed by atoms with Crippen LogP contribution in [0.15, 0.2) is 0 Å². The molecular weight excluding hydrogens is 144 g/mol. The van der Waals surface area contributed by atoms with E-state index in [-0.39, 0.29) is 5.92 Å². The molecule has 11 heavy (non-hydrogen) atoms. The van der Waals surface area contributed by atoms with E-state index in [4.69, 9.17) is 10.8 Å². The lowest BCUT2D eigenvalue weighted by atomic mass is 10.1. The molecule has 1 atom stereocenters. The third-order valence-corrected chi connectivity index (χ3v) is 1.44. The van der Waals surface area contributed by atoms with Gasteiger partial charge in [0.15, 0.2) is 0 Å². The fraction of sp³-hybridized carbons (Fsp3) is 0.857. The predicted molar refractivity (Wildman–Crippen MR) is 43.3 cm³/mol. The van der Waals surface area contributed by atoms with Crippen LogP contribution in [0.3, 0.4) is 0 Å². The van der Waals surface area contributed by atoms with Crippen molar-refractivity contribution in [1.29, 1.82) is 0 Å². The zero-order valence-electron chi connectivity index (χ0n) is 7.00. The zero-order chi connectivity index (χ0) is 8.85. The number of nitrogens with one attached hydrogen (secondary N) is 1. The van der Waals surface area contributed by atoms with Gasteiger partial charge in [0.1, 0.15) is 6.04 Å². The molecule has 0 aliphatic carbocycles. The van der Waals surface area contributed by atoms with E-state index in [1.54, 1.807) is 0 Å². The monoisotopic (exact) mass is 160 g/mol. The van der Waals surface area contributed by atoms with Gasteiger partial charge in [-0.2, -0.15) is 0 Å². The molecule has 0 saturated carbocycles. The number of carboxylic acids is 1. The van der Waals surface area contributed by atoms with Crippen molar-refractivity contribution in [2.45, 2.75) is 19.9 Å². The Labute approximate surface area is 66.8 Å². The minimum atomic E-state index is -0.812. The Bertz CT molecular complexity index is 126. The van der Waals surface area contributed by atoms with Gasteiger partial charge in [-0.1, -0.05) is 13.8 Å². The van der Waals surface area contributed by atoms with Crippen LogP contribution in [0.25, 0.3) is 0 Å². The predicted octanol–water partition coefficient (Wildman–Crippen LogP) is -0.356. The number of carbonyl (C=O) groups is 1. The Morgan fingerprint density at radius 3 is 2.45 bits per heavy atom. The van der Waals surface area contributed by atoms with Crippen molar-refractivity contribution >= 4 is 5.97 Å². The molecule has 0 aliphatic heterocycles. The molecule has 4 nitrogen and oxygen atoms in total. The van der Waals surface area contributed by atoms with Gasteiger partial charge in [0.25, 0.3) is 0 Å². The van der Waals surface area contributed by atoms with Crippen LogP contribution in [0.5, 0.6) is 0 Å². The van der Waals surface area contributed by atoms with Gasteiger partial charge < -0.3 is 16.2 Å². The van der Waals surface area contributed by atoms with Gasteiger partial charge in [0, 0.05) is 13.1 Å². The summed E-state index contributed by atoms with van der Waals surface area (Å²) in [5.74, 6) is -0.715. The molecule has 66 valence electrons. The van der Waals surface area contributed by atoms with Crippen LogP contribution < -0.4 is 11.1 Å². The lowest BCUT2D eigenvalue weighted by Crippen LogP contribution is -2.43. The minimum Gasteiger partial charge on any atom is -0.480 e. The molecule has 0 heterocycles. The summed E-state index contributed by atoms with van der Waals surface area (Å²) in [5, 5.41) is 11.5. The van der Waals surface area contributed by atoms with E-state index in [2.05, 4.69) is 5.32 Å². The van der Waals surface area contributed by atoms with Gasteiger partial charge in [-0.25, -0.2) is 0 Å². The maximum atomic E-state index is 10.5. The maximum Gasteiger partial charge on any atom is 0.320 e. The highest BCUT2D eigenvalue weighted by atomic mass is 16.4. The molecule has 0 saturated heterocycles. The van der Waals surface area contributed by atoms with Gasteiger partial charge in [-0.3, -0.25) is 4.79 Å². The van der Waals surface area contributed by atoms with Crippen LogP contribution in [0.1, 0.15) is 13.8 Å². The molecule has 0 aromatic rings. The summed E-state index contributed by atoms with van der Waals surface area (Å²) in [7, 11) is 0. The average molecular weight is 160 g/mol. The molecule has 0 aromatic heterocycles. The van der Waals surface area contributed by atoms with Gasteiger partial charge >= 0.3 is 5.97 Å². The first kappa shape index (κ1) is 10.4. The van der Waals surface area contributed by atoms with Crippen LogP contribution in [0, 0.1) is 5.92 Å². The second-order valence-electron chi connectivity index (χ2n) is 2.80. The highest BCUT2D eigenvalue weighted by molar-refractivity contribution is 5.73. The Balaban J connectivity index is 3.80. The summed E-state index contributed by atoms with van der Waals surface area (Å²) in [5.41, 5.74) is 5.22. The molecule has 0 amide bonds. The standard InChI is InChI=1S/C7H16N2O2/c1-5(2)6(7(10)11)9-4-3-8/h5-6,9H,3-4,8H2,1-2H3,(H,10,11)/t6-/m1/s1. The van der Waals surface area contributed by atoms with Crippen molar-refractivity contribution in [1.82, 2.24) is 5.32 Å². The summed E-state index contributed by atoms with van der Waals surface area (Å²) >= 11 is 0. The summed E-state index contributed by atoms with van der Waals surface area (Å²) < 4.78 is 0. The molecule has 4 heteroatoms. The molecule has 0 radical (unpaired) electrons. The van der Waals surface area contributed by atoms with Gasteiger partial charge in [-0.05, 0) is 5.92 Å². The first-order valence-electron chi connectivity index (χ1n) is 3.75. The number of nitrogens with two attached hydrogens (primary N) is 1. The minimum absolute atomic E-state index is 0.0963. The van der Waals surface area contributed by atoms with Crippen LogP contribution in [0.2, 0.25) is 0 Å². The van der Waals surface area contributed by atoms with Gasteiger partial charge in [0.05, 0.1) is 0 Å². The molecule has 0 rings (SSSR count). The van der Waals surface area contributed by atoms with Crippen molar-refractivity contribution < 1.29 is 9.90 Å².